The Morgan fingerprint density at radius 2 is 1.82 bits per heavy atom. The van der Waals surface area contributed by atoms with Gasteiger partial charge in [0, 0.05) is 46.3 Å². The molecular weight excluding hydrogens is 364 g/mol. The summed E-state index contributed by atoms with van der Waals surface area (Å²) in [6, 6.07) is 3.28. The second-order valence-corrected chi connectivity index (χ2v) is 6.79. The van der Waals surface area contributed by atoms with Crippen molar-refractivity contribution in [3.05, 3.63) is 23.7 Å². The lowest BCUT2D eigenvalue weighted by Crippen LogP contribution is -2.54. The van der Waals surface area contributed by atoms with Gasteiger partial charge in [0.1, 0.15) is 5.76 Å². The van der Waals surface area contributed by atoms with Crippen molar-refractivity contribution in [2.75, 3.05) is 66.1 Å². The zero-order valence-electron chi connectivity index (χ0n) is 16.2. The van der Waals surface area contributed by atoms with Gasteiger partial charge in [0.05, 0.1) is 26.3 Å². The lowest BCUT2D eigenvalue weighted by molar-refractivity contribution is -0.136. The monoisotopic (exact) mass is 392 g/mol. The van der Waals surface area contributed by atoms with Gasteiger partial charge < -0.3 is 30.0 Å². The van der Waals surface area contributed by atoms with Gasteiger partial charge in [-0.15, -0.1) is 0 Å². The zero-order chi connectivity index (χ0) is 19.9. The first-order valence-electron chi connectivity index (χ1n) is 9.49. The lowest BCUT2D eigenvalue weighted by Gasteiger charge is -2.37. The number of morpholine rings is 1. The minimum absolute atomic E-state index is 0.144. The van der Waals surface area contributed by atoms with Crippen LogP contribution in [0.25, 0.3) is 0 Å². The van der Waals surface area contributed by atoms with E-state index >= 15 is 0 Å². The predicted octanol–water partition coefficient (Wildman–Crippen LogP) is -1.07. The van der Waals surface area contributed by atoms with E-state index in [1.165, 1.54) is 0 Å². The van der Waals surface area contributed by atoms with Gasteiger partial charge in [0.2, 0.25) is 5.91 Å². The number of nitrogens with zero attached hydrogens (tertiary/aromatic N) is 4. The second kappa shape index (κ2) is 9.56. The highest BCUT2D eigenvalue weighted by atomic mass is 16.5. The highest BCUT2D eigenvalue weighted by molar-refractivity contribution is 5.89. The van der Waals surface area contributed by atoms with Gasteiger partial charge in [-0.2, -0.15) is 0 Å². The Morgan fingerprint density at radius 3 is 2.43 bits per heavy atom. The molecule has 10 nitrogen and oxygen atoms in total. The molecule has 3 rings (SSSR count). The zero-order valence-corrected chi connectivity index (χ0v) is 16.2. The first-order valence-corrected chi connectivity index (χ1v) is 9.49. The standard InChI is InChI=1S/C18H28N6O4/c1-20-18(21-12-14-2-3-15(28-14)17(19)26)24-6-4-22(5-7-24)13-16(25)23-8-10-27-11-9-23/h2-3H,4-13H2,1H3,(H2,19,26)(H,20,21). The summed E-state index contributed by atoms with van der Waals surface area (Å²) in [5.41, 5.74) is 5.20. The summed E-state index contributed by atoms with van der Waals surface area (Å²) in [4.78, 5) is 34.0. The number of rotatable bonds is 5. The molecule has 0 saturated carbocycles. The maximum Gasteiger partial charge on any atom is 0.284 e. The first kappa shape index (κ1) is 20.2. The van der Waals surface area contributed by atoms with Crippen molar-refractivity contribution in [1.29, 1.82) is 0 Å². The average molecular weight is 392 g/mol. The van der Waals surface area contributed by atoms with Crippen LogP contribution in [-0.2, 0) is 16.1 Å². The SMILES string of the molecule is CN=C(NCc1ccc(C(N)=O)o1)N1CCN(CC(=O)N2CCOCC2)CC1. The second-order valence-electron chi connectivity index (χ2n) is 6.79. The molecule has 0 spiro atoms. The third-order valence-electron chi connectivity index (χ3n) is 4.93. The summed E-state index contributed by atoms with van der Waals surface area (Å²) >= 11 is 0. The molecule has 10 heteroatoms. The van der Waals surface area contributed by atoms with Crippen molar-refractivity contribution >= 4 is 17.8 Å². The Hall–Kier alpha value is -2.59. The molecule has 3 heterocycles. The fourth-order valence-electron chi connectivity index (χ4n) is 3.33. The number of guanidine groups is 1. The van der Waals surface area contributed by atoms with Crippen LogP contribution in [0.15, 0.2) is 21.5 Å². The number of aliphatic imine (C=N–C) groups is 1. The van der Waals surface area contributed by atoms with Crippen LogP contribution in [0, 0.1) is 0 Å². The molecule has 1 aromatic rings. The van der Waals surface area contributed by atoms with Gasteiger partial charge in [-0.1, -0.05) is 0 Å². The number of primary amides is 1. The highest BCUT2D eigenvalue weighted by Gasteiger charge is 2.24. The summed E-state index contributed by atoms with van der Waals surface area (Å²) in [6.07, 6.45) is 0. The topological polar surface area (TPSA) is 117 Å². The number of carbonyl (C=O) groups excluding carboxylic acids is 2. The quantitative estimate of drug-likeness (QED) is 0.484. The van der Waals surface area contributed by atoms with Crippen LogP contribution in [0.2, 0.25) is 0 Å². The van der Waals surface area contributed by atoms with Gasteiger partial charge in [-0.05, 0) is 12.1 Å². The van der Waals surface area contributed by atoms with E-state index in [4.69, 9.17) is 14.9 Å². The summed E-state index contributed by atoms with van der Waals surface area (Å²) in [7, 11) is 1.73. The largest absolute Gasteiger partial charge is 0.454 e. The number of nitrogens with two attached hydrogens (primary N) is 1. The van der Waals surface area contributed by atoms with Crippen LogP contribution < -0.4 is 11.1 Å². The number of hydrogen-bond acceptors (Lipinski definition) is 6. The van der Waals surface area contributed by atoms with Crippen LogP contribution in [0.3, 0.4) is 0 Å². The molecule has 28 heavy (non-hydrogen) atoms. The molecule has 154 valence electrons. The average Bonchev–Trinajstić information content (AvgIpc) is 3.20. The van der Waals surface area contributed by atoms with E-state index in [9.17, 15) is 9.59 Å². The number of furan rings is 1. The number of nitrogens with one attached hydrogen (secondary N) is 1. The van der Waals surface area contributed by atoms with E-state index in [0.717, 1.165) is 32.1 Å². The molecule has 1 aromatic heterocycles. The number of piperazine rings is 1. The summed E-state index contributed by atoms with van der Waals surface area (Å²) in [5.74, 6) is 1.10. The summed E-state index contributed by atoms with van der Waals surface area (Å²) < 4.78 is 10.7. The molecule has 0 radical (unpaired) electrons. The van der Waals surface area contributed by atoms with Gasteiger partial charge in [0.25, 0.3) is 5.91 Å². The molecule has 0 unspecified atom stereocenters. The number of amides is 2. The van der Waals surface area contributed by atoms with Crippen molar-refractivity contribution in [2.45, 2.75) is 6.54 Å². The Kier molecular flexibility index (Phi) is 6.88. The highest BCUT2D eigenvalue weighted by Crippen LogP contribution is 2.08. The minimum Gasteiger partial charge on any atom is -0.454 e. The molecule has 0 atom stereocenters. The van der Waals surface area contributed by atoms with Crippen molar-refractivity contribution in [2.24, 2.45) is 10.7 Å². The normalized spacial score (nSPS) is 19.0. The van der Waals surface area contributed by atoms with Crippen molar-refractivity contribution in [1.82, 2.24) is 20.0 Å². The third-order valence-corrected chi connectivity index (χ3v) is 4.93. The fourth-order valence-corrected chi connectivity index (χ4v) is 3.33. The third kappa shape index (κ3) is 5.23. The molecule has 2 aliphatic heterocycles. The summed E-state index contributed by atoms with van der Waals surface area (Å²) in [6.45, 7) is 6.61. The van der Waals surface area contributed by atoms with E-state index in [1.807, 2.05) is 4.90 Å². The molecule has 2 amide bonds. The molecule has 0 aliphatic carbocycles. The smallest absolute Gasteiger partial charge is 0.284 e. The summed E-state index contributed by atoms with van der Waals surface area (Å²) in [5, 5.41) is 3.24. The molecular formula is C18H28N6O4. The molecule has 3 N–H and O–H groups in total. The van der Waals surface area contributed by atoms with Crippen molar-refractivity contribution in [3.8, 4) is 0 Å². The van der Waals surface area contributed by atoms with Gasteiger partial charge in [-0.3, -0.25) is 19.5 Å². The van der Waals surface area contributed by atoms with E-state index in [2.05, 4.69) is 20.1 Å². The minimum atomic E-state index is -0.585. The van der Waals surface area contributed by atoms with Crippen molar-refractivity contribution in [3.63, 3.8) is 0 Å². The van der Waals surface area contributed by atoms with Crippen LogP contribution in [0.4, 0.5) is 0 Å². The van der Waals surface area contributed by atoms with Crippen molar-refractivity contribution < 1.29 is 18.7 Å². The van der Waals surface area contributed by atoms with Crippen LogP contribution in [0.1, 0.15) is 16.3 Å². The van der Waals surface area contributed by atoms with Crippen LogP contribution in [0.5, 0.6) is 0 Å². The number of ether oxygens (including phenoxy) is 1. The Labute approximate surface area is 164 Å². The molecule has 0 bridgehead atoms. The maximum absolute atomic E-state index is 12.4. The lowest BCUT2D eigenvalue weighted by atomic mass is 10.3. The van der Waals surface area contributed by atoms with E-state index in [0.29, 0.717) is 45.2 Å². The van der Waals surface area contributed by atoms with Gasteiger partial charge >= 0.3 is 0 Å². The Balaban J connectivity index is 1.43. The first-order chi connectivity index (χ1) is 13.6. The molecule has 2 saturated heterocycles. The van der Waals surface area contributed by atoms with Gasteiger partial charge in [-0.25, -0.2) is 0 Å². The molecule has 2 aliphatic rings. The van der Waals surface area contributed by atoms with Crippen LogP contribution in [-0.4, -0.2) is 98.5 Å². The predicted molar refractivity (Wildman–Crippen MR) is 103 cm³/mol. The van der Waals surface area contributed by atoms with Crippen LogP contribution >= 0.6 is 0 Å². The van der Waals surface area contributed by atoms with E-state index in [-0.39, 0.29) is 11.7 Å². The maximum atomic E-state index is 12.4. The molecule has 2 fully saturated rings. The Bertz CT molecular complexity index is 705. The van der Waals surface area contributed by atoms with E-state index in [1.54, 1.807) is 19.2 Å². The fraction of sp³-hybridized carbons (Fsp3) is 0.611. The number of hydrogen-bond donors (Lipinski definition) is 2. The Morgan fingerprint density at radius 1 is 1.11 bits per heavy atom. The van der Waals surface area contributed by atoms with E-state index < -0.39 is 5.91 Å². The molecule has 0 aromatic carbocycles. The number of carbonyl (C=O) groups is 2. The van der Waals surface area contributed by atoms with Gasteiger partial charge in [0.15, 0.2) is 11.7 Å².